The van der Waals surface area contributed by atoms with Crippen molar-refractivity contribution in [2.24, 2.45) is 0 Å². The molecule has 0 radical (unpaired) electrons. The van der Waals surface area contributed by atoms with Crippen LogP contribution in [-0.4, -0.2) is 36.2 Å². The normalized spacial score (nSPS) is 15.8. The van der Waals surface area contributed by atoms with Gasteiger partial charge in [-0.25, -0.2) is 4.98 Å². The second-order valence-corrected chi connectivity index (χ2v) is 6.45. The van der Waals surface area contributed by atoms with Crippen LogP contribution in [0.3, 0.4) is 0 Å². The van der Waals surface area contributed by atoms with Gasteiger partial charge in [0, 0.05) is 36.1 Å². The number of thiazole rings is 1. The molecular formula is C18H18N2O2S. The van der Waals surface area contributed by atoms with Gasteiger partial charge in [0.2, 0.25) is 0 Å². The van der Waals surface area contributed by atoms with Crippen molar-refractivity contribution in [3.05, 3.63) is 53.7 Å². The number of furan rings is 1. The molecule has 0 saturated carbocycles. The van der Waals surface area contributed by atoms with E-state index in [0.717, 1.165) is 60.4 Å². The largest absolute Gasteiger partial charge is 0.464 e. The molecule has 0 spiro atoms. The van der Waals surface area contributed by atoms with E-state index in [4.69, 9.17) is 14.1 Å². The fraction of sp³-hybridized carbons (Fsp3) is 0.278. The van der Waals surface area contributed by atoms with Crippen LogP contribution in [-0.2, 0) is 11.3 Å². The fourth-order valence-corrected chi connectivity index (χ4v) is 3.54. The highest BCUT2D eigenvalue weighted by molar-refractivity contribution is 7.13. The summed E-state index contributed by atoms with van der Waals surface area (Å²) in [5.41, 5.74) is 3.38. The minimum atomic E-state index is 0.825. The van der Waals surface area contributed by atoms with Crippen LogP contribution in [0.1, 0.15) is 5.69 Å². The molecule has 4 nitrogen and oxygen atoms in total. The van der Waals surface area contributed by atoms with Gasteiger partial charge in [-0.05, 0) is 12.1 Å². The van der Waals surface area contributed by atoms with Gasteiger partial charge in [-0.15, -0.1) is 11.3 Å². The van der Waals surface area contributed by atoms with Crippen LogP contribution in [0.2, 0.25) is 0 Å². The van der Waals surface area contributed by atoms with Crippen LogP contribution < -0.4 is 0 Å². The van der Waals surface area contributed by atoms with Crippen LogP contribution >= 0.6 is 11.3 Å². The SMILES string of the molecule is c1coc(-c2ccc(-c3nc(CN4CCOCC4)cs3)cc2)c1. The molecule has 23 heavy (non-hydrogen) atoms. The zero-order valence-corrected chi connectivity index (χ0v) is 13.6. The zero-order valence-electron chi connectivity index (χ0n) is 12.8. The van der Waals surface area contributed by atoms with Crippen molar-refractivity contribution in [1.82, 2.24) is 9.88 Å². The molecule has 0 atom stereocenters. The van der Waals surface area contributed by atoms with E-state index in [1.807, 2.05) is 12.1 Å². The molecule has 0 amide bonds. The van der Waals surface area contributed by atoms with Gasteiger partial charge in [0.25, 0.3) is 0 Å². The summed E-state index contributed by atoms with van der Waals surface area (Å²) < 4.78 is 10.8. The Morgan fingerprint density at radius 1 is 1.04 bits per heavy atom. The van der Waals surface area contributed by atoms with E-state index >= 15 is 0 Å². The number of nitrogens with zero attached hydrogens (tertiary/aromatic N) is 2. The summed E-state index contributed by atoms with van der Waals surface area (Å²) in [6.07, 6.45) is 1.70. The van der Waals surface area contributed by atoms with Crippen molar-refractivity contribution in [2.45, 2.75) is 6.54 Å². The minimum absolute atomic E-state index is 0.825. The number of benzene rings is 1. The Hall–Kier alpha value is -1.95. The first-order valence-corrected chi connectivity index (χ1v) is 8.65. The van der Waals surface area contributed by atoms with Gasteiger partial charge in [-0.1, -0.05) is 24.3 Å². The molecule has 0 N–H and O–H groups in total. The molecule has 118 valence electrons. The Balaban J connectivity index is 1.47. The summed E-state index contributed by atoms with van der Waals surface area (Å²) in [5, 5.41) is 3.23. The smallest absolute Gasteiger partial charge is 0.133 e. The summed E-state index contributed by atoms with van der Waals surface area (Å²) >= 11 is 1.70. The van der Waals surface area contributed by atoms with Crippen molar-refractivity contribution in [2.75, 3.05) is 26.3 Å². The Morgan fingerprint density at radius 3 is 2.57 bits per heavy atom. The fourth-order valence-electron chi connectivity index (χ4n) is 2.72. The first-order chi connectivity index (χ1) is 11.4. The monoisotopic (exact) mass is 326 g/mol. The van der Waals surface area contributed by atoms with Crippen LogP contribution in [0.25, 0.3) is 21.9 Å². The van der Waals surface area contributed by atoms with E-state index in [-0.39, 0.29) is 0 Å². The average molecular weight is 326 g/mol. The predicted molar refractivity (Wildman–Crippen MR) is 91.3 cm³/mol. The summed E-state index contributed by atoms with van der Waals surface area (Å²) in [4.78, 5) is 7.17. The Kier molecular flexibility index (Phi) is 4.24. The Labute approximate surface area is 139 Å². The summed E-state index contributed by atoms with van der Waals surface area (Å²) in [5.74, 6) is 0.892. The van der Waals surface area contributed by atoms with Gasteiger partial charge < -0.3 is 9.15 Å². The van der Waals surface area contributed by atoms with Gasteiger partial charge in [0.15, 0.2) is 0 Å². The van der Waals surface area contributed by atoms with E-state index in [2.05, 4.69) is 34.5 Å². The maximum absolute atomic E-state index is 5.43. The lowest BCUT2D eigenvalue weighted by molar-refractivity contribution is 0.0337. The third-order valence-electron chi connectivity index (χ3n) is 3.98. The topological polar surface area (TPSA) is 38.5 Å². The molecule has 0 aliphatic carbocycles. The zero-order chi connectivity index (χ0) is 15.5. The molecule has 2 aromatic heterocycles. The standard InChI is InChI=1S/C18H18N2O2S/c1-2-17(22-9-1)14-3-5-15(6-4-14)18-19-16(13-23-18)12-20-7-10-21-11-8-20/h1-6,9,13H,7-8,10-12H2. The van der Waals surface area contributed by atoms with Crippen LogP contribution in [0.15, 0.2) is 52.5 Å². The van der Waals surface area contributed by atoms with Gasteiger partial charge in [-0.2, -0.15) is 0 Å². The van der Waals surface area contributed by atoms with Crippen LogP contribution in [0, 0.1) is 0 Å². The van der Waals surface area contributed by atoms with E-state index in [0.29, 0.717) is 0 Å². The second-order valence-electron chi connectivity index (χ2n) is 5.59. The van der Waals surface area contributed by atoms with Crippen molar-refractivity contribution < 1.29 is 9.15 Å². The molecule has 0 unspecified atom stereocenters. The van der Waals surface area contributed by atoms with Crippen LogP contribution in [0.4, 0.5) is 0 Å². The molecule has 3 heterocycles. The van der Waals surface area contributed by atoms with Crippen molar-refractivity contribution in [1.29, 1.82) is 0 Å². The van der Waals surface area contributed by atoms with Crippen LogP contribution in [0.5, 0.6) is 0 Å². The van der Waals surface area contributed by atoms with Gasteiger partial charge in [-0.3, -0.25) is 4.90 Å². The highest BCUT2D eigenvalue weighted by Crippen LogP contribution is 2.27. The van der Waals surface area contributed by atoms with E-state index in [1.165, 1.54) is 0 Å². The van der Waals surface area contributed by atoms with Gasteiger partial charge in [0.1, 0.15) is 10.8 Å². The highest BCUT2D eigenvalue weighted by Gasteiger charge is 2.13. The molecule has 0 bridgehead atoms. The quantitative estimate of drug-likeness (QED) is 0.729. The van der Waals surface area contributed by atoms with E-state index < -0.39 is 0 Å². The van der Waals surface area contributed by atoms with Gasteiger partial charge >= 0.3 is 0 Å². The Bertz CT molecular complexity index is 744. The minimum Gasteiger partial charge on any atom is -0.464 e. The average Bonchev–Trinajstić information content (AvgIpc) is 3.28. The maximum Gasteiger partial charge on any atom is 0.133 e. The lowest BCUT2D eigenvalue weighted by Gasteiger charge is -2.25. The summed E-state index contributed by atoms with van der Waals surface area (Å²) in [7, 11) is 0. The summed E-state index contributed by atoms with van der Waals surface area (Å²) in [6, 6.07) is 12.2. The van der Waals surface area contributed by atoms with E-state index in [1.54, 1.807) is 17.6 Å². The van der Waals surface area contributed by atoms with Crippen molar-refractivity contribution >= 4 is 11.3 Å². The predicted octanol–water partition coefficient (Wildman–Crippen LogP) is 3.90. The molecule has 1 fully saturated rings. The van der Waals surface area contributed by atoms with Gasteiger partial charge in [0.05, 0.1) is 25.2 Å². The lowest BCUT2D eigenvalue weighted by Crippen LogP contribution is -2.35. The molecular weight excluding hydrogens is 308 g/mol. The molecule has 4 rings (SSSR count). The number of rotatable bonds is 4. The summed E-state index contributed by atoms with van der Waals surface area (Å²) in [6.45, 7) is 4.54. The number of aromatic nitrogens is 1. The number of hydrogen-bond acceptors (Lipinski definition) is 5. The molecule has 1 aliphatic heterocycles. The Morgan fingerprint density at radius 2 is 1.83 bits per heavy atom. The third-order valence-corrected chi connectivity index (χ3v) is 4.92. The van der Waals surface area contributed by atoms with Crippen molar-refractivity contribution in [3.63, 3.8) is 0 Å². The lowest BCUT2D eigenvalue weighted by atomic mass is 10.1. The third kappa shape index (κ3) is 3.37. The number of morpholine rings is 1. The maximum atomic E-state index is 5.43. The highest BCUT2D eigenvalue weighted by atomic mass is 32.1. The van der Waals surface area contributed by atoms with E-state index in [9.17, 15) is 0 Å². The molecule has 5 heteroatoms. The number of hydrogen-bond donors (Lipinski definition) is 0. The molecule has 3 aromatic rings. The second kappa shape index (κ2) is 6.66. The first-order valence-electron chi connectivity index (χ1n) is 7.77. The first kappa shape index (κ1) is 14.6. The molecule has 1 saturated heterocycles. The number of ether oxygens (including phenoxy) is 1. The molecule has 1 aromatic carbocycles. The molecule has 1 aliphatic rings. The van der Waals surface area contributed by atoms with Crippen molar-refractivity contribution in [3.8, 4) is 21.9 Å².